The molecule has 278 valence electrons. The Morgan fingerprint density at radius 3 is 2.06 bits per heavy atom. The first-order valence-corrected chi connectivity index (χ1v) is 17.3. The first-order chi connectivity index (χ1) is 24.4. The average Bonchev–Trinajstić information content (AvgIpc) is 3.63. The van der Waals surface area contributed by atoms with Gasteiger partial charge in [0.25, 0.3) is 0 Å². The maximum absolute atomic E-state index is 13.4. The Labute approximate surface area is 307 Å². The van der Waals surface area contributed by atoms with E-state index in [1.54, 1.807) is 49.3 Å². The van der Waals surface area contributed by atoms with Crippen molar-refractivity contribution in [3.63, 3.8) is 0 Å². The Bertz CT molecular complexity index is 1520. The highest BCUT2D eigenvalue weighted by Crippen LogP contribution is 2.27. The molecule has 0 unspecified atom stereocenters. The zero-order valence-corrected chi connectivity index (χ0v) is 30.3. The van der Waals surface area contributed by atoms with Gasteiger partial charge in [-0.05, 0) is 68.4 Å². The maximum Gasteiger partial charge on any atom is 0.246 e. The standard InChI is InChI=1S/C34H46Cl2N8O7/c1-37-10-11-38-32(48)21-51-22-33(49)41-18-30(46)39-17-29(45)40-19-31(47)42-25-7-5-6-24(16-25)28(20-44-12-3-4-13-44)43(2)34(50)15-23-8-9-26(35)27(36)14-23/h5-9,14,16,28,37H,3-4,10-13,15,17-22H2,1-2H3,(H,38,48)(H,39,46)(H,40,45)(H,41,49)(H,42,47)/t28-/m1/s1. The fraction of sp³-hybridized carbons (Fsp3) is 0.471. The molecule has 1 saturated heterocycles. The molecule has 6 N–H and O–H groups in total. The molecule has 1 aliphatic heterocycles. The van der Waals surface area contributed by atoms with Crippen molar-refractivity contribution in [2.75, 3.05) is 85.0 Å². The van der Waals surface area contributed by atoms with Crippen LogP contribution in [0.15, 0.2) is 42.5 Å². The molecular weight excluding hydrogens is 703 g/mol. The Balaban J connectivity index is 1.44. The van der Waals surface area contributed by atoms with Gasteiger partial charge in [-0.15, -0.1) is 0 Å². The van der Waals surface area contributed by atoms with E-state index in [0.29, 0.717) is 35.4 Å². The topological polar surface area (TPSA) is 190 Å². The molecule has 1 aliphatic rings. The number of benzene rings is 2. The van der Waals surface area contributed by atoms with Crippen LogP contribution in [0.4, 0.5) is 5.69 Å². The number of halogens is 2. The molecule has 0 aliphatic carbocycles. The summed E-state index contributed by atoms with van der Waals surface area (Å²) in [6.45, 7) is 1.61. The van der Waals surface area contributed by atoms with Crippen molar-refractivity contribution in [2.24, 2.45) is 0 Å². The first kappa shape index (κ1) is 41.1. The number of nitrogens with zero attached hydrogens (tertiary/aromatic N) is 2. The number of carbonyl (C=O) groups excluding carboxylic acids is 6. The highest BCUT2D eigenvalue weighted by molar-refractivity contribution is 6.42. The zero-order valence-electron chi connectivity index (χ0n) is 28.8. The average molecular weight is 750 g/mol. The van der Waals surface area contributed by atoms with Crippen LogP contribution in [-0.2, 0) is 39.9 Å². The molecule has 0 aromatic heterocycles. The third-order valence-electron chi connectivity index (χ3n) is 7.89. The molecule has 15 nitrogen and oxygen atoms in total. The van der Waals surface area contributed by atoms with Crippen LogP contribution in [0, 0.1) is 0 Å². The maximum atomic E-state index is 13.4. The summed E-state index contributed by atoms with van der Waals surface area (Å²) >= 11 is 12.2. The molecule has 17 heteroatoms. The number of carbonyl (C=O) groups is 6. The molecule has 6 amide bonds. The predicted molar refractivity (Wildman–Crippen MR) is 193 cm³/mol. The van der Waals surface area contributed by atoms with E-state index in [-0.39, 0.29) is 37.4 Å². The lowest BCUT2D eigenvalue weighted by Crippen LogP contribution is -2.44. The summed E-state index contributed by atoms with van der Waals surface area (Å²) in [6.07, 6.45) is 2.32. The van der Waals surface area contributed by atoms with Gasteiger partial charge in [0.1, 0.15) is 13.2 Å². The second-order valence-corrected chi connectivity index (χ2v) is 12.7. The molecule has 3 rings (SSSR count). The van der Waals surface area contributed by atoms with Crippen molar-refractivity contribution in [3.8, 4) is 0 Å². The van der Waals surface area contributed by atoms with Gasteiger partial charge in [0.2, 0.25) is 35.4 Å². The molecule has 0 saturated carbocycles. The van der Waals surface area contributed by atoms with Gasteiger partial charge in [-0.3, -0.25) is 28.8 Å². The molecular formula is C34H46Cl2N8O7. The summed E-state index contributed by atoms with van der Waals surface area (Å²) in [5, 5.41) is 16.1. The Hall–Kier alpha value is -4.28. The summed E-state index contributed by atoms with van der Waals surface area (Å²) in [5.74, 6) is -2.82. The molecule has 1 atom stereocenters. The van der Waals surface area contributed by atoms with Crippen molar-refractivity contribution in [1.29, 1.82) is 0 Å². The summed E-state index contributed by atoms with van der Waals surface area (Å²) in [5.41, 5.74) is 2.07. The quantitative estimate of drug-likeness (QED) is 0.105. The van der Waals surface area contributed by atoms with Crippen molar-refractivity contribution in [1.82, 2.24) is 36.4 Å². The second-order valence-electron chi connectivity index (χ2n) is 11.9. The van der Waals surface area contributed by atoms with E-state index in [2.05, 4.69) is 36.8 Å². The van der Waals surface area contributed by atoms with Crippen LogP contribution in [0.25, 0.3) is 0 Å². The van der Waals surface area contributed by atoms with Crippen LogP contribution in [0.5, 0.6) is 0 Å². The summed E-state index contributed by atoms with van der Waals surface area (Å²) in [6, 6.07) is 12.1. The zero-order chi connectivity index (χ0) is 37.2. The van der Waals surface area contributed by atoms with Gasteiger partial charge in [0.05, 0.1) is 42.1 Å². The van der Waals surface area contributed by atoms with Crippen molar-refractivity contribution >= 4 is 64.3 Å². The number of hydrogen-bond donors (Lipinski definition) is 6. The lowest BCUT2D eigenvalue weighted by Gasteiger charge is -2.32. The lowest BCUT2D eigenvalue weighted by molar-refractivity contribution is -0.133. The fourth-order valence-electron chi connectivity index (χ4n) is 5.14. The van der Waals surface area contributed by atoms with Gasteiger partial charge in [-0.2, -0.15) is 0 Å². The van der Waals surface area contributed by atoms with Crippen LogP contribution in [0.2, 0.25) is 10.0 Å². The van der Waals surface area contributed by atoms with E-state index in [1.165, 1.54) is 0 Å². The summed E-state index contributed by atoms with van der Waals surface area (Å²) in [7, 11) is 3.51. The van der Waals surface area contributed by atoms with Gasteiger partial charge >= 0.3 is 0 Å². The number of likely N-dealkylation sites (tertiary alicyclic amines) is 1. The predicted octanol–water partition coefficient (Wildman–Crippen LogP) is 0.471. The van der Waals surface area contributed by atoms with E-state index in [9.17, 15) is 28.8 Å². The van der Waals surface area contributed by atoms with Crippen molar-refractivity contribution < 1.29 is 33.5 Å². The van der Waals surface area contributed by atoms with Crippen molar-refractivity contribution in [3.05, 3.63) is 63.6 Å². The SMILES string of the molecule is CNCCNC(=O)COCC(=O)NCC(=O)NCC(=O)NCC(=O)Nc1cccc([C@@H](CN2CCCC2)N(C)C(=O)Cc2ccc(Cl)c(Cl)c2)c1. The number of anilines is 1. The van der Waals surface area contributed by atoms with E-state index in [4.69, 9.17) is 27.9 Å². The van der Waals surface area contributed by atoms with Gasteiger partial charge in [0.15, 0.2) is 0 Å². The summed E-state index contributed by atoms with van der Waals surface area (Å²) < 4.78 is 5.00. The highest BCUT2D eigenvalue weighted by Gasteiger charge is 2.26. The van der Waals surface area contributed by atoms with Gasteiger partial charge in [-0.25, -0.2) is 0 Å². The second kappa shape index (κ2) is 21.8. The Morgan fingerprint density at radius 1 is 0.784 bits per heavy atom. The number of hydrogen-bond acceptors (Lipinski definition) is 9. The number of nitrogens with one attached hydrogen (secondary N) is 6. The molecule has 2 aromatic carbocycles. The largest absolute Gasteiger partial charge is 0.362 e. The highest BCUT2D eigenvalue weighted by atomic mass is 35.5. The Morgan fingerprint density at radius 2 is 1.41 bits per heavy atom. The van der Waals surface area contributed by atoms with Gasteiger partial charge in [0, 0.05) is 32.4 Å². The minimum absolute atomic E-state index is 0.101. The number of ether oxygens (including phenoxy) is 1. The van der Waals surface area contributed by atoms with Crippen LogP contribution in [-0.4, -0.2) is 125 Å². The van der Waals surface area contributed by atoms with E-state index in [1.807, 2.05) is 12.1 Å². The molecule has 51 heavy (non-hydrogen) atoms. The number of likely N-dealkylation sites (N-methyl/N-ethyl adjacent to an activating group) is 2. The molecule has 1 fully saturated rings. The number of amides is 6. The Kier molecular flexibility index (Phi) is 17.6. The number of rotatable bonds is 20. The van der Waals surface area contributed by atoms with E-state index < -0.39 is 43.3 Å². The molecule has 0 bridgehead atoms. The minimum Gasteiger partial charge on any atom is -0.362 e. The smallest absolute Gasteiger partial charge is 0.246 e. The molecule has 2 aromatic rings. The first-order valence-electron chi connectivity index (χ1n) is 16.6. The van der Waals surface area contributed by atoms with E-state index >= 15 is 0 Å². The third kappa shape index (κ3) is 15.2. The molecule has 0 spiro atoms. The molecule has 0 radical (unpaired) electrons. The minimum atomic E-state index is -0.631. The third-order valence-corrected chi connectivity index (χ3v) is 8.63. The van der Waals surface area contributed by atoms with Crippen LogP contribution in [0.1, 0.15) is 30.0 Å². The lowest BCUT2D eigenvalue weighted by atomic mass is 10.0. The monoisotopic (exact) mass is 748 g/mol. The van der Waals surface area contributed by atoms with Gasteiger partial charge < -0.3 is 46.4 Å². The summed E-state index contributed by atoms with van der Waals surface area (Å²) in [4.78, 5) is 77.8. The normalized spacial score (nSPS) is 13.2. The van der Waals surface area contributed by atoms with E-state index in [0.717, 1.165) is 37.1 Å². The van der Waals surface area contributed by atoms with Crippen molar-refractivity contribution in [2.45, 2.75) is 25.3 Å². The van der Waals surface area contributed by atoms with Crippen LogP contribution in [0.3, 0.4) is 0 Å². The molecule has 1 heterocycles. The van der Waals surface area contributed by atoms with Gasteiger partial charge in [-0.1, -0.05) is 41.4 Å². The van der Waals surface area contributed by atoms with Crippen LogP contribution >= 0.6 is 23.2 Å². The van der Waals surface area contributed by atoms with Crippen LogP contribution < -0.4 is 31.9 Å². The fourth-order valence-corrected chi connectivity index (χ4v) is 5.46.